The second-order valence-electron chi connectivity index (χ2n) is 4.61. The maximum Gasteiger partial charge on any atom is 0.0900 e. The van der Waals surface area contributed by atoms with Gasteiger partial charge in [0.15, 0.2) is 0 Å². The molecule has 0 aliphatic carbocycles. The lowest BCUT2D eigenvalue weighted by Gasteiger charge is -2.09. The van der Waals surface area contributed by atoms with Gasteiger partial charge < -0.3 is 5.32 Å². The van der Waals surface area contributed by atoms with Crippen LogP contribution in [0.15, 0.2) is 34.9 Å². The summed E-state index contributed by atoms with van der Waals surface area (Å²) in [6.45, 7) is 4.90. The second kappa shape index (κ2) is 5.50. The van der Waals surface area contributed by atoms with Gasteiger partial charge in [-0.3, -0.25) is 4.98 Å². The largest absolute Gasteiger partial charge is 0.379 e. The number of hydrogen-bond donors (Lipinski definition) is 1. The molecule has 0 saturated carbocycles. The summed E-state index contributed by atoms with van der Waals surface area (Å²) in [7, 11) is 0. The van der Waals surface area contributed by atoms with Gasteiger partial charge in [0.2, 0.25) is 0 Å². The highest BCUT2D eigenvalue weighted by Crippen LogP contribution is 2.25. The Labute approximate surface area is 130 Å². The fraction of sp³-hybridized carbons (Fsp3) is 0.200. The molecule has 5 heteroatoms. The third-order valence-corrected chi connectivity index (χ3v) is 4.57. The monoisotopic (exact) mass is 347 g/mol. The van der Waals surface area contributed by atoms with Crippen LogP contribution < -0.4 is 5.32 Å². The number of halogens is 1. The van der Waals surface area contributed by atoms with Crippen molar-refractivity contribution in [2.45, 2.75) is 20.4 Å². The van der Waals surface area contributed by atoms with Crippen molar-refractivity contribution in [1.82, 2.24) is 9.97 Å². The average Bonchev–Trinajstić information content (AvgIpc) is 2.74. The van der Waals surface area contributed by atoms with Gasteiger partial charge in [-0.2, -0.15) is 0 Å². The Morgan fingerprint density at radius 1 is 1.25 bits per heavy atom. The molecule has 3 rings (SSSR count). The van der Waals surface area contributed by atoms with Gasteiger partial charge in [-0.1, -0.05) is 15.9 Å². The topological polar surface area (TPSA) is 37.8 Å². The summed E-state index contributed by atoms with van der Waals surface area (Å²) in [6, 6.07) is 8.14. The van der Waals surface area contributed by atoms with Crippen LogP contribution in [0.3, 0.4) is 0 Å². The van der Waals surface area contributed by atoms with Crippen LogP contribution in [0.2, 0.25) is 0 Å². The zero-order chi connectivity index (χ0) is 14.1. The normalized spacial score (nSPS) is 10.9. The van der Waals surface area contributed by atoms with E-state index in [9.17, 15) is 0 Å². The Morgan fingerprint density at radius 3 is 2.85 bits per heavy atom. The van der Waals surface area contributed by atoms with E-state index in [-0.39, 0.29) is 0 Å². The van der Waals surface area contributed by atoms with Gasteiger partial charge in [0.1, 0.15) is 0 Å². The highest BCUT2D eigenvalue weighted by Gasteiger charge is 2.06. The standard InChI is InChI=1S/C15H14BrN3S/c1-9-15(19-10(2)20-9)8-18-13-5-6-17-14-7-11(16)3-4-12(13)14/h3-7H,8H2,1-2H3,(H,17,18). The maximum atomic E-state index is 4.55. The van der Waals surface area contributed by atoms with Gasteiger partial charge in [0, 0.05) is 26.6 Å². The van der Waals surface area contributed by atoms with E-state index in [4.69, 9.17) is 0 Å². The summed E-state index contributed by atoms with van der Waals surface area (Å²) in [6.07, 6.45) is 1.83. The lowest BCUT2D eigenvalue weighted by Crippen LogP contribution is -2.02. The van der Waals surface area contributed by atoms with E-state index in [1.807, 2.05) is 31.3 Å². The first kappa shape index (κ1) is 13.5. The van der Waals surface area contributed by atoms with Crippen molar-refractivity contribution in [3.8, 4) is 0 Å². The molecular formula is C15H14BrN3S. The highest BCUT2D eigenvalue weighted by molar-refractivity contribution is 9.10. The first-order valence-corrected chi connectivity index (χ1v) is 7.95. The first-order chi connectivity index (χ1) is 9.63. The number of fused-ring (bicyclic) bond motifs is 1. The number of aromatic nitrogens is 2. The molecule has 2 heterocycles. The Kier molecular flexibility index (Phi) is 3.72. The molecule has 0 aliphatic rings. The smallest absolute Gasteiger partial charge is 0.0900 e. The van der Waals surface area contributed by atoms with Gasteiger partial charge in [-0.15, -0.1) is 11.3 Å². The molecule has 0 radical (unpaired) electrons. The number of pyridine rings is 1. The van der Waals surface area contributed by atoms with Crippen LogP contribution in [0.25, 0.3) is 10.9 Å². The lowest BCUT2D eigenvalue weighted by molar-refractivity contribution is 1.04. The molecule has 1 aromatic carbocycles. The van der Waals surface area contributed by atoms with Crippen LogP contribution in [0, 0.1) is 13.8 Å². The van der Waals surface area contributed by atoms with Crippen LogP contribution in [0.4, 0.5) is 5.69 Å². The van der Waals surface area contributed by atoms with E-state index in [1.165, 1.54) is 4.88 Å². The lowest BCUT2D eigenvalue weighted by atomic mass is 10.2. The van der Waals surface area contributed by atoms with Gasteiger partial charge in [0.05, 0.1) is 22.8 Å². The third kappa shape index (κ3) is 2.69. The van der Waals surface area contributed by atoms with Crippen molar-refractivity contribution in [3.63, 3.8) is 0 Å². The molecule has 20 heavy (non-hydrogen) atoms. The summed E-state index contributed by atoms with van der Waals surface area (Å²) >= 11 is 5.22. The number of benzene rings is 1. The van der Waals surface area contributed by atoms with Crippen LogP contribution in [-0.4, -0.2) is 9.97 Å². The van der Waals surface area contributed by atoms with Crippen LogP contribution in [0.5, 0.6) is 0 Å². The maximum absolute atomic E-state index is 4.55. The number of rotatable bonds is 3. The van der Waals surface area contributed by atoms with E-state index in [0.717, 1.165) is 38.3 Å². The van der Waals surface area contributed by atoms with E-state index in [0.29, 0.717) is 0 Å². The van der Waals surface area contributed by atoms with Gasteiger partial charge in [0.25, 0.3) is 0 Å². The zero-order valence-electron chi connectivity index (χ0n) is 11.3. The zero-order valence-corrected chi connectivity index (χ0v) is 13.7. The van der Waals surface area contributed by atoms with Crippen LogP contribution >= 0.6 is 27.3 Å². The number of anilines is 1. The Balaban J connectivity index is 1.89. The molecule has 0 bridgehead atoms. The van der Waals surface area contributed by atoms with E-state index < -0.39 is 0 Å². The Hall–Kier alpha value is -1.46. The Bertz CT molecular complexity index is 767. The minimum Gasteiger partial charge on any atom is -0.379 e. The van der Waals surface area contributed by atoms with E-state index in [1.54, 1.807) is 11.3 Å². The van der Waals surface area contributed by atoms with Crippen molar-refractivity contribution in [2.24, 2.45) is 0 Å². The minimum atomic E-state index is 0.741. The average molecular weight is 348 g/mol. The van der Waals surface area contributed by atoms with Crippen molar-refractivity contribution in [2.75, 3.05) is 5.32 Å². The SMILES string of the molecule is Cc1nc(CNc2ccnc3cc(Br)ccc23)c(C)s1. The predicted octanol–water partition coefficient (Wildman–Crippen LogP) is 4.68. The van der Waals surface area contributed by atoms with Crippen molar-refractivity contribution >= 4 is 43.9 Å². The number of nitrogens with one attached hydrogen (secondary N) is 1. The fourth-order valence-electron chi connectivity index (χ4n) is 2.19. The fourth-order valence-corrected chi connectivity index (χ4v) is 3.37. The number of thiazole rings is 1. The molecule has 0 spiro atoms. The summed E-state index contributed by atoms with van der Waals surface area (Å²) in [4.78, 5) is 10.2. The molecule has 0 aliphatic heterocycles. The molecule has 0 amide bonds. The molecular weight excluding hydrogens is 334 g/mol. The first-order valence-electron chi connectivity index (χ1n) is 6.34. The molecule has 102 valence electrons. The Morgan fingerprint density at radius 2 is 2.10 bits per heavy atom. The summed E-state index contributed by atoms with van der Waals surface area (Å²) < 4.78 is 1.04. The molecule has 0 unspecified atom stereocenters. The molecule has 0 atom stereocenters. The molecule has 3 nitrogen and oxygen atoms in total. The van der Waals surface area contributed by atoms with Crippen LogP contribution in [-0.2, 0) is 6.54 Å². The van der Waals surface area contributed by atoms with E-state index >= 15 is 0 Å². The number of hydrogen-bond acceptors (Lipinski definition) is 4. The van der Waals surface area contributed by atoms with Crippen LogP contribution in [0.1, 0.15) is 15.6 Å². The molecule has 0 saturated heterocycles. The molecule has 1 N–H and O–H groups in total. The van der Waals surface area contributed by atoms with Crippen molar-refractivity contribution in [1.29, 1.82) is 0 Å². The second-order valence-corrected chi connectivity index (χ2v) is 6.93. The summed E-state index contributed by atoms with van der Waals surface area (Å²) in [5.74, 6) is 0. The third-order valence-electron chi connectivity index (χ3n) is 3.15. The molecule has 2 aromatic heterocycles. The van der Waals surface area contributed by atoms with Crippen molar-refractivity contribution < 1.29 is 0 Å². The quantitative estimate of drug-likeness (QED) is 0.747. The predicted molar refractivity (Wildman–Crippen MR) is 88.4 cm³/mol. The highest BCUT2D eigenvalue weighted by atomic mass is 79.9. The summed E-state index contributed by atoms with van der Waals surface area (Å²) in [5.41, 5.74) is 3.19. The summed E-state index contributed by atoms with van der Waals surface area (Å²) in [5, 5.41) is 5.71. The van der Waals surface area contributed by atoms with Gasteiger partial charge >= 0.3 is 0 Å². The number of nitrogens with zero attached hydrogens (tertiary/aromatic N) is 2. The minimum absolute atomic E-state index is 0.741. The van der Waals surface area contributed by atoms with Crippen molar-refractivity contribution in [3.05, 3.63) is 50.5 Å². The van der Waals surface area contributed by atoms with Gasteiger partial charge in [-0.05, 0) is 38.1 Å². The number of aryl methyl sites for hydroxylation is 2. The van der Waals surface area contributed by atoms with E-state index in [2.05, 4.69) is 44.2 Å². The molecule has 0 fully saturated rings. The van der Waals surface area contributed by atoms with Gasteiger partial charge in [-0.25, -0.2) is 4.98 Å². The molecule has 3 aromatic rings.